The zero-order valence-corrected chi connectivity index (χ0v) is 12.0. The minimum Gasteiger partial charge on any atom is -0.475 e. The lowest BCUT2D eigenvalue weighted by atomic mass is 9.97. The molecular weight excluding hydrogens is 240 g/mol. The molecule has 1 fully saturated rings. The number of piperidine rings is 1. The monoisotopic (exact) mass is 264 g/mol. The number of aromatic nitrogens is 2. The summed E-state index contributed by atoms with van der Waals surface area (Å²) in [5.41, 5.74) is 6.10. The summed E-state index contributed by atoms with van der Waals surface area (Å²) in [6.45, 7) is 7.06. The zero-order chi connectivity index (χ0) is 13.8. The molecule has 0 spiro atoms. The van der Waals surface area contributed by atoms with E-state index in [2.05, 4.69) is 21.8 Å². The Labute approximate surface area is 115 Å². The van der Waals surface area contributed by atoms with Crippen molar-refractivity contribution < 1.29 is 4.74 Å². The van der Waals surface area contributed by atoms with Gasteiger partial charge in [0, 0.05) is 24.7 Å². The summed E-state index contributed by atoms with van der Waals surface area (Å²) in [5.74, 6) is 1.56. The van der Waals surface area contributed by atoms with E-state index < -0.39 is 0 Å². The molecule has 0 aromatic carbocycles. The van der Waals surface area contributed by atoms with Gasteiger partial charge in [-0.15, -0.1) is 0 Å². The first kappa shape index (κ1) is 14.1. The third-order valence-corrected chi connectivity index (χ3v) is 3.43. The Morgan fingerprint density at radius 1 is 1.32 bits per heavy atom. The smallest absolute Gasteiger partial charge is 0.218 e. The largest absolute Gasteiger partial charge is 0.475 e. The fourth-order valence-corrected chi connectivity index (χ4v) is 2.58. The number of rotatable bonds is 4. The quantitative estimate of drug-likeness (QED) is 0.900. The van der Waals surface area contributed by atoms with Crippen molar-refractivity contribution in [2.24, 2.45) is 5.73 Å². The highest BCUT2D eigenvalue weighted by atomic mass is 16.5. The Morgan fingerprint density at radius 2 is 2.11 bits per heavy atom. The van der Waals surface area contributed by atoms with E-state index in [1.54, 1.807) is 6.33 Å². The molecule has 1 aromatic rings. The third kappa shape index (κ3) is 3.56. The van der Waals surface area contributed by atoms with Gasteiger partial charge in [-0.25, -0.2) is 9.97 Å². The number of ether oxygens (including phenoxy) is 1. The highest BCUT2D eigenvalue weighted by Gasteiger charge is 2.26. The van der Waals surface area contributed by atoms with E-state index in [0.29, 0.717) is 11.9 Å². The van der Waals surface area contributed by atoms with Crippen molar-refractivity contribution in [3.05, 3.63) is 12.4 Å². The first-order valence-electron chi connectivity index (χ1n) is 7.09. The topological polar surface area (TPSA) is 64.3 Å². The van der Waals surface area contributed by atoms with Gasteiger partial charge in [0.15, 0.2) is 0 Å². The average Bonchev–Trinajstić information content (AvgIpc) is 2.38. The van der Waals surface area contributed by atoms with Crippen LogP contribution in [0.15, 0.2) is 12.4 Å². The van der Waals surface area contributed by atoms with Gasteiger partial charge in [0.2, 0.25) is 5.88 Å². The summed E-state index contributed by atoms with van der Waals surface area (Å²) in [6.07, 6.45) is 5.24. The van der Waals surface area contributed by atoms with E-state index >= 15 is 0 Å². The molecule has 19 heavy (non-hydrogen) atoms. The molecule has 5 heteroatoms. The maximum Gasteiger partial charge on any atom is 0.218 e. The van der Waals surface area contributed by atoms with Crippen LogP contribution in [-0.4, -0.2) is 34.7 Å². The van der Waals surface area contributed by atoms with Crippen LogP contribution >= 0.6 is 0 Å². The number of hydrogen-bond donors (Lipinski definition) is 1. The summed E-state index contributed by atoms with van der Waals surface area (Å²) >= 11 is 0. The molecule has 2 unspecified atom stereocenters. The van der Waals surface area contributed by atoms with Gasteiger partial charge in [-0.1, -0.05) is 0 Å². The highest BCUT2D eigenvalue weighted by molar-refractivity contribution is 5.43. The van der Waals surface area contributed by atoms with Crippen LogP contribution in [0, 0.1) is 0 Å². The Hall–Kier alpha value is -1.36. The van der Waals surface area contributed by atoms with E-state index in [1.807, 2.05) is 19.9 Å². The lowest BCUT2D eigenvalue weighted by Gasteiger charge is -2.38. The Bertz CT molecular complexity index is 408. The predicted molar refractivity (Wildman–Crippen MR) is 76.4 cm³/mol. The molecule has 1 aliphatic rings. The first-order chi connectivity index (χ1) is 9.08. The van der Waals surface area contributed by atoms with Crippen LogP contribution < -0.4 is 15.4 Å². The number of anilines is 1. The maximum atomic E-state index is 6.10. The summed E-state index contributed by atoms with van der Waals surface area (Å²) in [7, 11) is 0. The molecule has 2 atom stereocenters. The predicted octanol–water partition coefficient (Wildman–Crippen LogP) is 1.97. The lowest BCUT2D eigenvalue weighted by Crippen LogP contribution is -2.49. The second-order valence-corrected chi connectivity index (χ2v) is 5.50. The number of hydrogen-bond acceptors (Lipinski definition) is 5. The van der Waals surface area contributed by atoms with E-state index in [0.717, 1.165) is 18.8 Å². The molecule has 0 radical (unpaired) electrons. The molecule has 2 heterocycles. The Kier molecular flexibility index (Phi) is 4.58. The summed E-state index contributed by atoms with van der Waals surface area (Å²) < 4.78 is 5.63. The van der Waals surface area contributed by atoms with Gasteiger partial charge < -0.3 is 15.4 Å². The molecule has 2 N–H and O–H groups in total. The minimum absolute atomic E-state index is 0.119. The van der Waals surface area contributed by atoms with Crippen LogP contribution in [0.3, 0.4) is 0 Å². The first-order valence-corrected chi connectivity index (χ1v) is 7.09. The highest BCUT2D eigenvalue weighted by Crippen LogP contribution is 2.26. The van der Waals surface area contributed by atoms with E-state index in [1.165, 1.54) is 12.8 Å². The van der Waals surface area contributed by atoms with Crippen LogP contribution in [0.4, 0.5) is 5.82 Å². The van der Waals surface area contributed by atoms with Gasteiger partial charge >= 0.3 is 0 Å². The van der Waals surface area contributed by atoms with Crippen LogP contribution in [0.2, 0.25) is 0 Å². The van der Waals surface area contributed by atoms with Crippen molar-refractivity contribution >= 4 is 5.82 Å². The van der Waals surface area contributed by atoms with E-state index in [4.69, 9.17) is 10.5 Å². The van der Waals surface area contributed by atoms with Crippen LogP contribution in [-0.2, 0) is 0 Å². The van der Waals surface area contributed by atoms with E-state index in [9.17, 15) is 0 Å². The van der Waals surface area contributed by atoms with Gasteiger partial charge in [0.05, 0.1) is 6.10 Å². The average molecular weight is 264 g/mol. The van der Waals surface area contributed by atoms with Crippen molar-refractivity contribution in [2.45, 2.75) is 58.2 Å². The molecule has 106 valence electrons. The fourth-order valence-electron chi connectivity index (χ4n) is 2.58. The molecule has 1 aliphatic heterocycles. The van der Waals surface area contributed by atoms with Gasteiger partial charge in [0.25, 0.3) is 0 Å². The van der Waals surface area contributed by atoms with Crippen LogP contribution in [0.1, 0.15) is 40.0 Å². The van der Waals surface area contributed by atoms with Crippen molar-refractivity contribution in [1.82, 2.24) is 9.97 Å². The minimum atomic E-state index is 0.119. The summed E-state index contributed by atoms with van der Waals surface area (Å²) in [5, 5.41) is 0. The second kappa shape index (κ2) is 6.19. The molecule has 0 bridgehead atoms. The molecule has 5 nitrogen and oxygen atoms in total. The molecule has 1 aromatic heterocycles. The molecule has 0 saturated carbocycles. The third-order valence-electron chi connectivity index (χ3n) is 3.43. The van der Waals surface area contributed by atoms with Gasteiger partial charge in [-0.3, -0.25) is 0 Å². The van der Waals surface area contributed by atoms with Crippen LogP contribution in [0.25, 0.3) is 0 Å². The van der Waals surface area contributed by atoms with Crippen molar-refractivity contribution in [1.29, 1.82) is 0 Å². The normalized spacial score (nSPS) is 21.5. The molecule has 0 aliphatic carbocycles. The van der Waals surface area contributed by atoms with Gasteiger partial charge in [-0.2, -0.15) is 0 Å². The summed E-state index contributed by atoms with van der Waals surface area (Å²) in [6, 6.07) is 2.42. The molecule has 1 saturated heterocycles. The maximum absolute atomic E-state index is 6.10. The summed E-state index contributed by atoms with van der Waals surface area (Å²) in [4.78, 5) is 10.8. The second-order valence-electron chi connectivity index (χ2n) is 5.50. The fraction of sp³-hybridized carbons (Fsp3) is 0.714. The van der Waals surface area contributed by atoms with Gasteiger partial charge in [0.1, 0.15) is 12.1 Å². The van der Waals surface area contributed by atoms with Crippen molar-refractivity contribution in [2.75, 3.05) is 11.4 Å². The lowest BCUT2D eigenvalue weighted by molar-refractivity contribution is 0.232. The number of nitrogens with zero attached hydrogens (tertiary/aromatic N) is 3. The SMILES string of the molecule is CC(C)Oc1cc(N2CCCCC2C(C)N)ncn1. The van der Waals surface area contributed by atoms with E-state index in [-0.39, 0.29) is 12.1 Å². The van der Waals surface area contributed by atoms with Crippen molar-refractivity contribution in [3.63, 3.8) is 0 Å². The molecule has 2 rings (SSSR count). The molecule has 0 amide bonds. The van der Waals surface area contributed by atoms with Crippen molar-refractivity contribution in [3.8, 4) is 5.88 Å². The zero-order valence-electron chi connectivity index (χ0n) is 12.0. The Morgan fingerprint density at radius 3 is 2.79 bits per heavy atom. The molecular formula is C14H24N4O. The van der Waals surface area contributed by atoms with Crippen LogP contribution in [0.5, 0.6) is 5.88 Å². The number of nitrogens with two attached hydrogens (primary N) is 1. The Balaban J connectivity index is 2.19. The standard InChI is InChI=1S/C14H24N4O/c1-10(2)19-14-8-13(16-9-17-14)18-7-5-4-6-12(18)11(3)15/h8-12H,4-7,15H2,1-3H3. The van der Waals surface area contributed by atoms with Gasteiger partial charge in [-0.05, 0) is 40.0 Å².